The van der Waals surface area contributed by atoms with Crippen molar-refractivity contribution in [2.45, 2.75) is 57.3 Å². The van der Waals surface area contributed by atoms with E-state index in [0.717, 1.165) is 42.8 Å². The molecule has 1 saturated carbocycles. The van der Waals surface area contributed by atoms with Gasteiger partial charge in [0.15, 0.2) is 0 Å². The molecule has 1 heterocycles. The van der Waals surface area contributed by atoms with Crippen LogP contribution in [0.15, 0.2) is 5.38 Å². The molecule has 94 valence electrons. The summed E-state index contributed by atoms with van der Waals surface area (Å²) in [6.07, 6.45) is 4.64. The number of hydrogen-bond donors (Lipinski definition) is 1. The molecule has 3 nitrogen and oxygen atoms in total. The zero-order valence-corrected chi connectivity index (χ0v) is 11.2. The molecule has 1 aliphatic carbocycles. The van der Waals surface area contributed by atoms with Crippen LogP contribution in [0.1, 0.15) is 62.6 Å². The van der Waals surface area contributed by atoms with Gasteiger partial charge in [-0.2, -0.15) is 0 Å². The maximum Gasteiger partial charge on any atom is 0.316 e. The van der Waals surface area contributed by atoms with Crippen LogP contribution in [-0.2, 0) is 10.2 Å². The van der Waals surface area contributed by atoms with Crippen LogP contribution in [0.4, 0.5) is 0 Å². The van der Waals surface area contributed by atoms with Gasteiger partial charge < -0.3 is 5.11 Å². The van der Waals surface area contributed by atoms with Gasteiger partial charge >= 0.3 is 5.97 Å². The Labute approximate surface area is 106 Å². The fourth-order valence-corrected chi connectivity index (χ4v) is 3.68. The molecule has 1 aliphatic rings. The molecular weight excluding hydrogens is 234 g/mol. The summed E-state index contributed by atoms with van der Waals surface area (Å²) in [5.74, 6) is -0.323. The van der Waals surface area contributed by atoms with Gasteiger partial charge in [-0.05, 0) is 18.8 Å². The normalized spacial score (nSPS) is 19.5. The van der Waals surface area contributed by atoms with E-state index in [-0.39, 0.29) is 0 Å². The Morgan fingerprint density at radius 1 is 1.41 bits per heavy atom. The van der Waals surface area contributed by atoms with E-state index >= 15 is 0 Å². The summed E-state index contributed by atoms with van der Waals surface area (Å²) in [6, 6.07) is 0. The van der Waals surface area contributed by atoms with Crippen molar-refractivity contribution in [1.82, 2.24) is 4.98 Å². The molecule has 0 amide bonds. The van der Waals surface area contributed by atoms with Gasteiger partial charge in [-0.15, -0.1) is 11.3 Å². The number of hydrogen-bond acceptors (Lipinski definition) is 3. The standard InChI is InChI=1S/C13H19NO2S/c1-9(2)10-8-17-11(14-10)13(12(15)16)6-4-3-5-7-13/h8-9H,3-7H2,1-2H3,(H,15,16). The zero-order chi connectivity index (χ0) is 12.5. The van der Waals surface area contributed by atoms with Crippen molar-refractivity contribution in [3.63, 3.8) is 0 Å². The molecule has 1 aromatic heterocycles. The van der Waals surface area contributed by atoms with Crippen molar-refractivity contribution < 1.29 is 9.90 Å². The fourth-order valence-electron chi connectivity index (χ4n) is 2.45. The lowest BCUT2D eigenvalue weighted by Crippen LogP contribution is -2.37. The van der Waals surface area contributed by atoms with Crippen molar-refractivity contribution in [2.75, 3.05) is 0 Å². The van der Waals surface area contributed by atoms with Gasteiger partial charge in [0.1, 0.15) is 10.4 Å². The SMILES string of the molecule is CC(C)c1csc(C2(C(=O)O)CCCCC2)n1. The Hall–Kier alpha value is -0.900. The minimum Gasteiger partial charge on any atom is -0.481 e. The van der Waals surface area contributed by atoms with Gasteiger partial charge in [-0.25, -0.2) is 4.98 Å². The molecule has 4 heteroatoms. The van der Waals surface area contributed by atoms with Gasteiger partial charge in [0.25, 0.3) is 0 Å². The second-order valence-electron chi connectivity index (χ2n) is 5.18. The van der Waals surface area contributed by atoms with E-state index < -0.39 is 11.4 Å². The molecule has 0 aliphatic heterocycles. The minimum atomic E-state index is -0.698. The van der Waals surface area contributed by atoms with E-state index in [1.165, 1.54) is 11.3 Å². The number of rotatable bonds is 3. The van der Waals surface area contributed by atoms with Gasteiger partial charge in [0, 0.05) is 5.38 Å². The van der Waals surface area contributed by atoms with Crippen molar-refractivity contribution in [3.05, 3.63) is 16.1 Å². The van der Waals surface area contributed by atoms with Gasteiger partial charge in [0.2, 0.25) is 0 Å². The van der Waals surface area contributed by atoms with Crippen LogP contribution < -0.4 is 0 Å². The fraction of sp³-hybridized carbons (Fsp3) is 0.692. The number of carboxylic acids is 1. The van der Waals surface area contributed by atoms with E-state index in [1.807, 2.05) is 5.38 Å². The largest absolute Gasteiger partial charge is 0.481 e. The Morgan fingerprint density at radius 2 is 2.06 bits per heavy atom. The summed E-state index contributed by atoms with van der Waals surface area (Å²) in [6.45, 7) is 4.18. The summed E-state index contributed by atoms with van der Waals surface area (Å²) in [5.41, 5.74) is 0.326. The first-order chi connectivity index (χ1) is 8.06. The lowest BCUT2D eigenvalue weighted by Gasteiger charge is -2.31. The van der Waals surface area contributed by atoms with Crippen molar-refractivity contribution >= 4 is 17.3 Å². The number of aliphatic carboxylic acids is 1. The second kappa shape index (κ2) is 4.77. The van der Waals surface area contributed by atoms with E-state index in [2.05, 4.69) is 18.8 Å². The first-order valence-electron chi connectivity index (χ1n) is 6.25. The highest BCUT2D eigenvalue weighted by Gasteiger charge is 2.43. The first-order valence-corrected chi connectivity index (χ1v) is 7.13. The topological polar surface area (TPSA) is 50.2 Å². The number of thiazole rings is 1. The summed E-state index contributed by atoms with van der Waals surface area (Å²) < 4.78 is 0. The van der Waals surface area contributed by atoms with Crippen molar-refractivity contribution in [2.24, 2.45) is 0 Å². The lowest BCUT2D eigenvalue weighted by molar-refractivity contribution is -0.145. The summed E-state index contributed by atoms with van der Waals surface area (Å²) in [4.78, 5) is 16.2. The molecule has 0 unspecified atom stereocenters. The molecule has 0 radical (unpaired) electrons. The van der Waals surface area contributed by atoms with Crippen LogP contribution in [0.25, 0.3) is 0 Å². The molecular formula is C13H19NO2S. The number of aromatic nitrogens is 1. The van der Waals surface area contributed by atoms with Crippen LogP contribution in [-0.4, -0.2) is 16.1 Å². The lowest BCUT2D eigenvalue weighted by atomic mass is 9.74. The third kappa shape index (κ3) is 2.23. The quantitative estimate of drug-likeness (QED) is 0.896. The van der Waals surface area contributed by atoms with Gasteiger partial charge in [0.05, 0.1) is 5.69 Å². The third-order valence-electron chi connectivity index (χ3n) is 3.64. The summed E-state index contributed by atoms with van der Waals surface area (Å²) in [7, 11) is 0. The van der Waals surface area contributed by atoms with E-state index in [1.54, 1.807) is 0 Å². The van der Waals surface area contributed by atoms with Gasteiger partial charge in [-0.3, -0.25) is 4.79 Å². The molecule has 0 bridgehead atoms. The van der Waals surface area contributed by atoms with Crippen LogP contribution in [0.2, 0.25) is 0 Å². The van der Waals surface area contributed by atoms with Crippen LogP contribution in [0.3, 0.4) is 0 Å². The molecule has 1 fully saturated rings. The maximum absolute atomic E-state index is 11.6. The number of carboxylic acid groups (broad SMARTS) is 1. The highest BCUT2D eigenvalue weighted by atomic mass is 32.1. The third-order valence-corrected chi connectivity index (χ3v) is 4.70. The average molecular weight is 253 g/mol. The van der Waals surface area contributed by atoms with Crippen LogP contribution in [0.5, 0.6) is 0 Å². The monoisotopic (exact) mass is 253 g/mol. The van der Waals surface area contributed by atoms with E-state index in [0.29, 0.717) is 5.92 Å². The average Bonchev–Trinajstić information content (AvgIpc) is 2.79. The van der Waals surface area contributed by atoms with Crippen molar-refractivity contribution in [3.8, 4) is 0 Å². The highest BCUT2D eigenvalue weighted by molar-refractivity contribution is 7.10. The van der Waals surface area contributed by atoms with E-state index in [4.69, 9.17) is 0 Å². The molecule has 2 rings (SSSR count). The smallest absolute Gasteiger partial charge is 0.316 e. The van der Waals surface area contributed by atoms with Gasteiger partial charge in [-0.1, -0.05) is 33.1 Å². The Bertz CT molecular complexity index is 405. The highest BCUT2D eigenvalue weighted by Crippen LogP contribution is 2.41. The Morgan fingerprint density at radius 3 is 2.53 bits per heavy atom. The summed E-state index contributed by atoms with van der Waals surface area (Å²) >= 11 is 1.52. The Balaban J connectivity index is 2.35. The molecule has 0 atom stereocenters. The molecule has 17 heavy (non-hydrogen) atoms. The Kier molecular flexibility index (Phi) is 3.52. The predicted molar refractivity (Wildman–Crippen MR) is 68.6 cm³/mol. The maximum atomic E-state index is 11.6. The first kappa shape index (κ1) is 12.6. The minimum absolute atomic E-state index is 0.370. The predicted octanol–water partition coefficient (Wildman–Crippen LogP) is 3.55. The second-order valence-corrected chi connectivity index (χ2v) is 6.04. The molecule has 1 aromatic rings. The molecule has 0 aromatic carbocycles. The van der Waals surface area contributed by atoms with E-state index in [9.17, 15) is 9.90 Å². The number of carbonyl (C=O) groups is 1. The van der Waals surface area contributed by atoms with Crippen molar-refractivity contribution in [1.29, 1.82) is 0 Å². The van der Waals surface area contributed by atoms with Crippen LogP contribution in [0, 0.1) is 0 Å². The number of nitrogens with zero attached hydrogens (tertiary/aromatic N) is 1. The van der Waals surface area contributed by atoms with Crippen LogP contribution >= 0.6 is 11.3 Å². The summed E-state index contributed by atoms with van der Waals surface area (Å²) in [5, 5.41) is 12.4. The zero-order valence-electron chi connectivity index (χ0n) is 10.4. The molecule has 0 spiro atoms. The molecule has 1 N–H and O–H groups in total. The molecule has 0 saturated heterocycles.